The van der Waals surface area contributed by atoms with Crippen molar-refractivity contribution in [2.75, 3.05) is 0 Å². The normalized spacial score (nSPS) is 52.0. The molecular formula is C20H34. The highest BCUT2D eigenvalue weighted by molar-refractivity contribution is 5.20. The Morgan fingerprint density at radius 2 is 1.45 bits per heavy atom. The van der Waals surface area contributed by atoms with Crippen LogP contribution in [0.1, 0.15) is 66.7 Å². The minimum atomic E-state index is 0.911. The van der Waals surface area contributed by atoms with Crippen LogP contribution in [0.3, 0.4) is 0 Å². The summed E-state index contributed by atoms with van der Waals surface area (Å²) in [6, 6.07) is 0. The average Bonchev–Trinajstić information content (AvgIpc) is 2.96. The molecule has 0 aromatic carbocycles. The van der Waals surface area contributed by atoms with Gasteiger partial charge in [-0.3, -0.25) is 0 Å². The Hall–Kier alpha value is -0.260. The summed E-state index contributed by atoms with van der Waals surface area (Å²) in [6.45, 7) is 12.4. The molecule has 0 N–H and O–H groups in total. The first-order chi connectivity index (χ1) is 9.47. The van der Waals surface area contributed by atoms with E-state index in [1.165, 1.54) is 32.1 Å². The van der Waals surface area contributed by atoms with Crippen molar-refractivity contribution < 1.29 is 0 Å². The van der Waals surface area contributed by atoms with Crippen LogP contribution in [0.15, 0.2) is 11.6 Å². The highest BCUT2D eigenvalue weighted by Crippen LogP contribution is 2.52. The average molecular weight is 274 g/mol. The van der Waals surface area contributed by atoms with Gasteiger partial charge in [0.25, 0.3) is 0 Å². The quantitative estimate of drug-likeness (QED) is 0.557. The summed E-state index contributed by atoms with van der Waals surface area (Å²) in [5.41, 5.74) is 1.90. The van der Waals surface area contributed by atoms with Gasteiger partial charge in [0.15, 0.2) is 0 Å². The zero-order chi connectivity index (χ0) is 14.4. The molecule has 0 heteroatoms. The summed E-state index contributed by atoms with van der Waals surface area (Å²) < 4.78 is 0. The van der Waals surface area contributed by atoms with Gasteiger partial charge in [0.2, 0.25) is 0 Å². The van der Waals surface area contributed by atoms with Crippen LogP contribution in [0.4, 0.5) is 0 Å². The minimum absolute atomic E-state index is 0.911. The van der Waals surface area contributed by atoms with E-state index in [1.54, 1.807) is 0 Å². The maximum absolute atomic E-state index is 2.73. The van der Waals surface area contributed by atoms with Crippen LogP contribution in [0.2, 0.25) is 0 Å². The maximum atomic E-state index is 2.73. The molecule has 7 unspecified atom stereocenters. The van der Waals surface area contributed by atoms with E-state index in [1.807, 2.05) is 5.57 Å². The van der Waals surface area contributed by atoms with Crippen LogP contribution in [0.5, 0.6) is 0 Å². The summed E-state index contributed by atoms with van der Waals surface area (Å²) in [5, 5.41) is 0. The lowest BCUT2D eigenvalue weighted by Crippen LogP contribution is -2.37. The third-order valence-corrected chi connectivity index (χ3v) is 6.83. The molecular weight excluding hydrogens is 240 g/mol. The summed E-state index contributed by atoms with van der Waals surface area (Å²) in [4.78, 5) is 0. The summed E-state index contributed by atoms with van der Waals surface area (Å²) in [7, 11) is 0. The van der Waals surface area contributed by atoms with Crippen molar-refractivity contribution in [2.24, 2.45) is 47.3 Å². The topological polar surface area (TPSA) is 0 Å². The van der Waals surface area contributed by atoms with Gasteiger partial charge < -0.3 is 0 Å². The van der Waals surface area contributed by atoms with Gasteiger partial charge >= 0.3 is 0 Å². The number of hydrogen-bond acceptors (Lipinski definition) is 0. The minimum Gasteiger partial charge on any atom is -0.0845 e. The van der Waals surface area contributed by atoms with E-state index >= 15 is 0 Å². The van der Waals surface area contributed by atoms with E-state index in [9.17, 15) is 0 Å². The van der Waals surface area contributed by atoms with Crippen LogP contribution in [0, 0.1) is 47.3 Å². The molecule has 3 aliphatic carbocycles. The first kappa shape index (κ1) is 14.7. The molecule has 0 bridgehead atoms. The van der Waals surface area contributed by atoms with Crippen LogP contribution in [-0.4, -0.2) is 0 Å². The Labute approximate surface area is 126 Å². The molecule has 0 amide bonds. The van der Waals surface area contributed by atoms with Crippen molar-refractivity contribution in [1.29, 1.82) is 0 Å². The van der Waals surface area contributed by atoms with Crippen LogP contribution in [0.25, 0.3) is 0 Å². The summed E-state index contributed by atoms with van der Waals surface area (Å²) in [5.74, 6) is 7.60. The molecule has 0 aromatic heterocycles. The fraction of sp³-hybridized carbons (Fsp3) is 0.900. The van der Waals surface area contributed by atoms with Gasteiger partial charge in [-0.25, -0.2) is 0 Å². The molecule has 0 heterocycles. The first-order valence-corrected chi connectivity index (χ1v) is 9.17. The Morgan fingerprint density at radius 3 is 1.90 bits per heavy atom. The van der Waals surface area contributed by atoms with Crippen LogP contribution < -0.4 is 0 Å². The third-order valence-electron chi connectivity index (χ3n) is 6.83. The highest BCUT2D eigenvalue weighted by atomic mass is 14.5. The van der Waals surface area contributed by atoms with E-state index in [-0.39, 0.29) is 0 Å². The fourth-order valence-electron chi connectivity index (χ4n) is 5.48. The number of hydrogen-bond donors (Lipinski definition) is 0. The molecule has 20 heavy (non-hydrogen) atoms. The molecule has 3 saturated carbocycles. The van der Waals surface area contributed by atoms with Crippen molar-refractivity contribution in [3.05, 3.63) is 11.6 Å². The molecule has 3 rings (SSSR count). The van der Waals surface area contributed by atoms with Crippen LogP contribution >= 0.6 is 0 Å². The van der Waals surface area contributed by atoms with Gasteiger partial charge in [-0.2, -0.15) is 0 Å². The highest BCUT2D eigenvalue weighted by Gasteiger charge is 2.43. The Morgan fingerprint density at radius 1 is 0.800 bits per heavy atom. The second-order valence-electron chi connectivity index (χ2n) is 8.79. The SMILES string of the molecule is CC1CC(C)C(C(=CCC2CC2C)C2C(C)CC2C)C1. The molecule has 0 aromatic rings. The van der Waals surface area contributed by atoms with Crippen molar-refractivity contribution in [1.82, 2.24) is 0 Å². The van der Waals surface area contributed by atoms with Gasteiger partial charge in [-0.05, 0) is 79.4 Å². The van der Waals surface area contributed by atoms with Crippen molar-refractivity contribution in [2.45, 2.75) is 66.7 Å². The molecule has 0 aliphatic heterocycles. The first-order valence-electron chi connectivity index (χ1n) is 9.17. The molecule has 7 atom stereocenters. The van der Waals surface area contributed by atoms with E-state index in [2.05, 4.69) is 40.7 Å². The standard InChI is InChI=1S/C20H34/c1-12-8-14(3)19(9-12)18(7-6-17-11-13(17)2)20-15(4)10-16(20)5/h7,12-17,19-20H,6,8-11H2,1-5H3. The zero-order valence-electron chi connectivity index (χ0n) is 14.2. The van der Waals surface area contributed by atoms with Crippen molar-refractivity contribution in [3.63, 3.8) is 0 Å². The maximum Gasteiger partial charge on any atom is -0.0149 e. The second kappa shape index (κ2) is 5.50. The van der Waals surface area contributed by atoms with Gasteiger partial charge in [0.05, 0.1) is 0 Å². The third kappa shape index (κ3) is 2.72. The van der Waals surface area contributed by atoms with Gasteiger partial charge in [-0.1, -0.05) is 46.3 Å². The second-order valence-corrected chi connectivity index (χ2v) is 8.79. The predicted molar refractivity (Wildman–Crippen MR) is 87.5 cm³/mol. The molecule has 3 fully saturated rings. The summed E-state index contributed by atoms with van der Waals surface area (Å²) in [6.07, 6.45) is 9.96. The van der Waals surface area contributed by atoms with Gasteiger partial charge in [0.1, 0.15) is 0 Å². The molecule has 0 nitrogen and oxygen atoms in total. The molecule has 0 saturated heterocycles. The van der Waals surface area contributed by atoms with E-state index in [0.717, 1.165) is 47.3 Å². The summed E-state index contributed by atoms with van der Waals surface area (Å²) >= 11 is 0. The molecule has 114 valence electrons. The van der Waals surface area contributed by atoms with E-state index in [4.69, 9.17) is 0 Å². The van der Waals surface area contributed by atoms with Crippen LogP contribution in [-0.2, 0) is 0 Å². The monoisotopic (exact) mass is 274 g/mol. The number of allylic oxidation sites excluding steroid dienone is 2. The zero-order valence-corrected chi connectivity index (χ0v) is 14.2. The lowest BCUT2D eigenvalue weighted by molar-refractivity contribution is 0.120. The predicted octanol–water partition coefficient (Wildman–Crippen LogP) is 5.93. The number of rotatable bonds is 4. The Balaban J connectivity index is 1.76. The largest absolute Gasteiger partial charge is 0.0845 e. The molecule has 3 aliphatic rings. The lowest BCUT2D eigenvalue weighted by atomic mass is 9.60. The van der Waals surface area contributed by atoms with E-state index < -0.39 is 0 Å². The smallest absolute Gasteiger partial charge is 0.0149 e. The van der Waals surface area contributed by atoms with Crippen molar-refractivity contribution in [3.8, 4) is 0 Å². The van der Waals surface area contributed by atoms with E-state index in [0.29, 0.717) is 0 Å². The Bertz CT molecular complexity index is 371. The van der Waals surface area contributed by atoms with Crippen molar-refractivity contribution >= 4 is 0 Å². The fourth-order valence-corrected chi connectivity index (χ4v) is 5.48. The Kier molecular flexibility index (Phi) is 4.04. The van der Waals surface area contributed by atoms with Gasteiger partial charge in [0, 0.05) is 0 Å². The molecule has 0 spiro atoms. The molecule has 0 radical (unpaired) electrons. The van der Waals surface area contributed by atoms with Gasteiger partial charge in [-0.15, -0.1) is 0 Å². The lowest BCUT2D eigenvalue weighted by Gasteiger charge is -2.45.